The van der Waals surface area contributed by atoms with E-state index in [0.29, 0.717) is 0 Å². The van der Waals surface area contributed by atoms with Crippen molar-refractivity contribution < 1.29 is 14.0 Å². The Balaban J connectivity index is 1.97. The highest BCUT2D eigenvalue weighted by atomic mass is 16.8. The van der Waals surface area contributed by atoms with Crippen molar-refractivity contribution in [3.05, 3.63) is 24.3 Å². The van der Waals surface area contributed by atoms with Crippen molar-refractivity contribution in [2.75, 3.05) is 0 Å². The van der Waals surface area contributed by atoms with Crippen LogP contribution in [0.3, 0.4) is 0 Å². The molecule has 16 heavy (non-hydrogen) atoms. The second kappa shape index (κ2) is 4.02. The Bertz CT molecular complexity index is 348. The van der Waals surface area contributed by atoms with Gasteiger partial charge in [0.15, 0.2) is 0 Å². The van der Waals surface area contributed by atoms with E-state index in [-0.39, 0.29) is 11.5 Å². The van der Waals surface area contributed by atoms with Crippen LogP contribution in [-0.4, -0.2) is 13.4 Å². The average molecular weight is 220 g/mol. The number of fused-ring (bicyclic) bond motifs is 1. The van der Waals surface area contributed by atoms with Crippen molar-refractivity contribution >= 4 is 7.32 Å². The molecule has 1 heterocycles. The summed E-state index contributed by atoms with van der Waals surface area (Å²) in [5, 5.41) is 0. The van der Waals surface area contributed by atoms with Crippen LogP contribution in [0.1, 0.15) is 27.7 Å². The molecule has 1 aromatic carbocycles. The van der Waals surface area contributed by atoms with Crippen molar-refractivity contribution in [2.45, 2.75) is 33.8 Å². The minimum absolute atomic E-state index is 0.0619. The summed E-state index contributed by atoms with van der Waals surface area (Å²) in [4.78, 5) is 0. The molecule has 1 aliphatic heterocycles. The van der Waals surface area contributed by atoms with Gasteiger partial charge in [-0.2, -0.15) is 0 Å². The summed E-state index contributed by atoms with van der Waals surface area (Å²) in [6.07, 6.45) is 0.0619. The molecule has 2 rings (SSSR count). The van der Waals surface area contributed by atoms with Gasteiger partial charge in [-0.25, -0.2) is 0 Å². The zero-order valence-corrected chi connectivity index (χ0v) is 10.2. The molecule has 1 atom stereocenters. The van der Waals surface area contributed by atoms with Crippen LogP contribution in [0, 0.1) is 5.41 Å². The van der Waals surface area contributed by atoms with Crippen LogP contribution in [-0.2, 0) is 4.65 Å². The van der Waals surface area contributed by atoms with Gasteiger partial charge >= 0.3 is 7.32 Å². The zero-order chi connectivity index (χ0) is 11.8. The molecule has 0 bridgehead atoms. The lowest BCUT2D eigenvalue weighted by atomic mass is 9.89. The van der Waals surface area contributed by atoms with Crippen LogP contribution >= 0.6 is 0 Å². The molecule has 86 valence electrons. The third-order valence-corrected chi connectivity index (χ3v) is 2.83. The normalized spacial score (nSPS) is 16.4. The predicted molar refractivity (Wildman–Crippen MR) is 63.5 cm³/mol. The van der Waals surface area contributed by atoms with Crippen LogP contribution < -0.4 is 9.31 Å². The summed E-state index contributed by atoms with van der Waals surface area (Å²) in [6, 6.07) is 7.58. The highest BCUT2D eigenvalue weighted by Crippen LogP contribution is 2.34. The van der Waals surface area contributed by atoms with Gasteiger partial charge in [0.2, 0.25) is 0 Å². The smallest absolute Gasteiger partial charge is 0.498 e. The largest absolute Gasteiger partial charge is 0.788 e. The van der Waals surface area contributed by atoms with E-state index in [2.05, 4.69) is 20.8 Å². The van der Waals surface area contributed by atoms with Crippen molar-refractivity contribution in [1.29, 1.82) is 0 Å². The van der Waals surface area contributed by atoms with Gasteiger partial charge in [-0.05, 0) is 24.5 Å². The van der Waals surface area contributed by atoms with Gasteiger partial charge in [0.25, 0.3) is 0 Å². The molecule has 0 radical (unpaired) electrons. The molecule has 0 amide bonds. The first-order valence-electron chi connectivity index (χ1n) is 5.54. The topological polar surface area (TPSA) is 27.7 Å². The van der Waals surface area contributed by atoms with E-state index in [1.807, 2.05) is 31.2 Å². The van der Waals surface area contributed by atoms with E-state index in [0.717, 1.165) is 11.5 Å². The van der Waals surface area contributed by atoms with Gasteiger partial charge < -0.3 is 14.0 Å². The third kappa shape index (κ3) is 2.32. The van der Waals surface area contributed by atoms with Crippen molar-refractivity contribution in [3.63, 3.8) is 0 Å². The first-order chi connectivity index (χ1) is 7.47. The molecule has 0 saturated heterocycles. The number of hydrogen-bond donors (Lipinski definition) is 0. The third-order valence-electron chi connectivity index (χ3n) is 2.83. The van der Waals surface area contributed by atoms with Gasteiger partial charge in [0, 0.05) is 6.10 Å². The van der Waals surface area contributed by atoms with Crippen molar-refractivity contribution in [3.8, 4) is 11.5 Å². The van der Waals surface area contributed by atoms with Crippen LogP contribution in [0.2, 0.25) is 0 Å². The molecule has 0 fully saturated rings. The maximum Gasteiger partial charge on any atom is 0.788 e. The molecule has 1 aliphatic rings. The monoisotopic (exact) mass is 220 g/mol. The number of para-hydroxylation sites is 2. The molecule has 1 aromatic rings. The van der Waals surface area contributed by atoms with E-state index in [1.54, 1.807) is 0 Å². The van der Waals surface area contributed by atoms with E-state index in [4.69, 9.17) is 14.0 Å². The SMILES string of the molecule is C[C@@H](OB1Oc2ccccc2O1)C(C)(C)C. The molecule has 0 aromatic heterocycles. The van der Waals surface area contributed by atoms with Crippen molar-refractivity contribution in [2.24, 2.45) is 5.41 Å². The first-order valence-corrected chi connectivity index (χ1v) is 5.54. The molecule has 4 heteroatoms. The van der Waals surface area contributed by atoms with Crippen LogP contribution in [0.25, 0.3) is 0 Å². The summed E-state index contributed by atoms with van der Waals surface area (Å²) < 4.78 is 16.8. The first kappa shape index (κ1) is 11.3. The maximum atomic E-state index is 5.71. The van der Waals surface area contributed by atoms with Crippen molar-refractivity contribution in [1.82, 2.24) is 0 Å². The highest BCUT2D eigenvalue weighted by Gasteiger charge is 2.38. The zero-order valence-electron chi connectivity index (χ0n) is 10.2. The molecule has 3 nitrogen and oxygen atoms in total. The fourth-order valence-corrected chi connectivity index (χ4v) is 1.30. The second-order valence-corrected chi connectivity index (χ2v) is 5.12. The minimum atomic E-state index is -0.619. The highest BCUT2D eigenvalue weighted by molar-refractivity contribution is 6.40. The van der Waals surface area contributed by atoms with Gasteiger partial charge in [-0.3, -0.25) is 0 Å². The summed E-state index contributed by atoms with van der Waals surface area (Å²) >= 11 is 0. The van der Waals surface area contributed by atoms with E-state index < -0.39 is 7.32 Å². The summed E-state index contributed by atoms with van der Waals surface area (Å²) in [6.45, 7) is 8.40. The fourth-order valence-electron chi connectivity index (χ4n) is 1.30. The lowest BCUT2D eigenvalue weighted by Gasteiger charge is -2.27. The van der Waals surface area contributed by atoms with E-state index in [9.17, 15) is 0 Å². The molecule has 0 aliphatic carbocycles. The number of hydrogen-bond acceptors (Lipinski definition) is 3. The number of benzene rings is 1. The standard InChI is InChI=1S/C12H17BO3/c1-9(12(2,3)4)14-13-15-10-7-5-6-8-11(10)16-13/h5-9H,1-4H3/t9-/m1/s1. The van der Waals surface area contributed by atoms with Gasteiger partial charge in [0.05, 0.1) is 0 Å². The summed E-state index contributed by atoms with van der Waals surface area (Å²) in [5.74, 6) is 1.49. The van der Waals surface area contributed by atoms with Gasteiger partial charge in [0.1, 0.15) is 11.5 Å². The Kier molecular flexibility index (Phi) is 2.85. The molecule has 0 N–H and O–H groups in total. The minimum Gasteiger partial charge on any atom is -0.498 e. The Morgan fingerprint density at radius 2 is 1.62 bits per heavy atom. The molecule has 0 spiro atoms. The predicted octanol–water partition coefficient (Wildman–Crippen LogP) is 2.89. The Labute approximate surface area is 96.9 Å². The van der Waals surface area contributed by atoms with Gasteiger partial charge in [-0.15, -0.1) is 0 Å². The fraction of sp³-hybridized carbons (Fsp3) is 0.500. The van der Waals surface area contributed by atoms with Crippen LogP contribution in [0.5, 0.6) is 11.5 Å². The number of rotatable bonds is 2. The lowest BCUT2D eigenvalue weighted by Crippen LogP contribution is -2.38. The average Bonchev–Trinajstić information content (AvgIpc) is 2.58. The molecule has 0 unspecified atom stereocenters. The summed E-state index contributed by atoms with van der Waals surface area (Å²) in [5.41, 5.74) is 0.0709. The molecule has 0 saturated carbocycles. The second-order valence-electron chi connectivity index (χ2n) is 5.12. The lowest BCUT2D eigenvalue weighted by molar-refractivity contribution is 0.0672. The summed E-state index contributed by atoms with van der Waals surface area (Å²) in [7, 11) is -0.619. The van der Waals surface area contributed by atoms with E-state index >= 15 is 0 Å². The molecular weight excluding hydrogens is 203 g/mol. The van der Waals surface area contributed by atoms with E-state index in [1.165, 1.54) is 0 Å². The van der Waals surface area contributed by atoms with Crippen LogP contribution in [0.4, 0.5) is 0 Å². The maximum absolute atomic E-state index is 5.71. The van der Waals surface area contributed by atoms with Gasteiger partial charge in [-0.1, -0.05) is 32.9 Å². The Morgan fingerprint density at radius 1 is 1.12 bits per heavy atom. The Hall–Kier alpha value is -1.16. The quantitative estimate of drug-likeness (QED) is 0.717. The molecular formula is C12H17BO3. The Morgan fingerprint density at radius 3 is 2.06 bits per heavy atom. The van der Waals surface area contributed by atoms with Crippen LogP contribution in [0.15, 0.2) is 24.3 Å².